The lowest BCUT2D eigenvalue weighted by atomic mass is 9.76. The van der Waals surface area contributed by atoms with E-state index in [0.717, 1.165) is 36.1 Å². The highest BCUT2D eigenvalue weighted by Gasteiger charge is 2.45. The van der Waals surface area contributed by atoms with Gasteiger partial charge in [-0.3, -0.25) is 19.3 Å². The summed E-state index contributed by atoms with van der Waals surface area (Å²) in [6.07, 6.45) is 4.92. The molecule has 0 bridgehead atoms. The third kappa shape index (κ3) is 3.60. The molecule has 1 aromatic rings. The van der Waals surface area contributed by atoms with E-state index in [1.54, 1.807) is 0 Å². The van der Waals surface area contributed by atoms with Crippen molar-refractivity contribution in [3.05, 3.63) is 35.9 Å². The van der Waals surface area contributed by atoms with Crippen LogP contribution < -0.4 is 5.32 Å². The van der Waals surface area contributed by atoms with Gasteiger partial charge in [-0.25, -0.2) is 0 Å². The Labute approximate surface area is 136 Å². The zero-order chi connectivity index (χ0) is 16.3. The Morgan fingerprint density at radius 1 is 1.04 bits per heavy atom. The van der Waals surface area contributed by atoms with Crippen LogP contribution in [0.5, 0.6) is 0 Å². The van der Waals surface area contributed by atoms with Gasteiger partial charge in [0.25, 0.3) is 0 Å². The van der Waals surface area contributed by atoms with Gasteiger partial charge in [0, 0.05) is 19.4 Å². The number of rotatable bonds is 4. The summed E-state index contributed by atoms with van der Waals surface area (Å²) in [6, 6.07) is 9.55. The second kappa shape index (κ2) is 6.52. The summed E-state index contributed by atoms with van der Waals surface area (Å²) >= 11 is 0. The Bertz CT molecular complexity index is 586. The standard InChI is InChI=1S/C18H22N2O3/c21-15(19-12-14-6-2-1-3-7-14)13-20-16(22)10-18(11-17(20)23)8-4-5-9-18/h1-3,6-7H,4-5,8-13H2,(H,19,21). The molecule has 5 heteroatoms. The molecule has 1 aliphatic carbocycles. The fourth-order valence-corrected chi connectivity index (χ4v) is 3.68. The number of benzene rings is 1. The summed E-state index contributed by atoms with van der Waals surface area (Å²) < 4.78 is 0. The number of imide groups is 1. The summed E-state index contributed by atoms with van der Waals surface area (Å²) in [7, 11) is 0. The highest BCUT2D eigenvalue weighted by Crippen LogP contribution is 2.46. The Morgan fingerprint density at radius 3 is 2.26 bits per heavy atom. The van der Waals surface area contributed by atoms with Crippen molar-refractivity contribution in [3.63, 3.8) is 0 Å². The topological polar surface area (TPSA) is 66.5 Å². The van der Waals surface area contributed by atoms with Gasteiger partial charge in [0.2, 0.25) is 17.7 Å². The molecule has 3 rings (SSSR count). The predicted molar refractivity (Wildman–Crippen MR) is 85.1 cm³/mol. The van der Waals surface area contributed by atoms with Crippen molar-refractivity contribution in [1.82, 2.24) is 10.2 Å². The number of carbonyl (C=O) groups excluding carboxylic acids is 3. The maximum Gasteiger partial charge on any atom is 0.240 e. The number of amides is 3. The molecular formula is C18H22N2O3. The van der Waals surface area contributed by atoms with Crippen LogP contribution in [0.3, 0.4) is 0 Å². The molecule has 0 radical (unpaired) electrons. The Kier molecular flexibility index (Phi) is 4.46. The quantitative estimate of drug-likeness (QED) is 0.865. The van der Waals surface area contributed by atoms with Crippen LogP contribution in [0.15, 0.2) is 30.3 Å². The van der Waals surface area contributed by atoms with Crippen LogP contribution in [0, 0.1) is 5.41 Å². The van der Waals surface area contributed by atoms with E-state index in [4.69, 9.17) is 0 Å². The van der Waals surface area contributed by atoms with E-state index in [2.05, 4.69) is 5.32 Å². The molecule has 2 fully saturated rings. The summed E-state index contributed by atoms with van der Waals surface area (Å²) in [6.45, 7) is 0.237. The van der Waals surface area contributed by atoms with E-state index in [9.17, 15) is 14.4 Å². The highest BCUT2D eigenvalue weighted by molar-refractivity contribution is 6.01. The number of hydrogen-bond donors (Lipinski definition) is 1. The summed E-state index contributed by atoms with van der Waals surface area (Å²) in [5, 5.41) is 2.76. The number of carbonyl (C=O) groups is 3. The molecule has 1 aliphatic heterocycles. The van der Waals surface area contributed by atoms with Crippen LogP contribution in [-0.4, -0.2) is 29.2 Å². The Balaban J connectivity index is 1.54. The molecule has 5 nitrogen and oxygen atoms in total. The first-order valence-electron chi connectivity index (χ1n) is 8.22. The van der Waals surface area contributed by atoms with E-state index in [-0.39, 0.29) is 29.7 Å². The second-order valence-corrected chi connectivity index (χ2v) is 6.70. The molecule has 1 N–H and O–H groups in total. The largest absolute Gasteiger partial charge is 0.350 e. The lowest BCUT2D eigenvalue weighted by Gasteiger charge is -2.36. The van der Waals surface area contributed by atoms with Gasteiger partial charge in [0.15, 0.2) is 0 Å². The van der Waals surface area contributed by atoms with Gasteiger partial charge in [-0.05, 0) is 23.8 Å². The first-order valence-corrected chi connectivity index (χ1v) is 8.22. The van der Waals surface area contributed by atoms with Gasteiger partial charge in [0.1, 0.15) is 6.54 Å². The van der Waals surface area contributed by atoms with Gasteiger partial charge >= 0.3 is 0 Å². The predicted octanol–water partition coefficient (Wildman–Crippen LogP) is 2.01. The summed E-state index contributed by atoms with van der Waals surface area (Å²) in [4.78, 5) is 37.8. The number of hydrogen-bond acceptors (Lipinski definition) is 3. The van der Waals surface area contributed by atoms with Crippen molar-refractivity contribution >= 4 is 17.7 Å². The molecule has 1 saturated carbocycles. The van der Waals surface area contributed by atoms with Crippen LogP contribution in [0.25, 0.3) is 0 Å². The van der Waals surface area contributed by atoms with E-state index < -0.39 is 0 Å². The molecule has 0 aromatic heterocycles. The van der Waals surface area contributed by atoms with Crippen LogP contribution in [0.1, 0.15) is 44.1 Å². The Morgan fingerprint density at radius 2 is 1.65 bits per heavy atom. The maximum absolute atomic E-state index is 12.3. The molecule has 1 heterocycles. The van der Waals surface area contributed by atoms with Crippen LogP contribution in [-0.2, 0) is 20.9 Å². The number of piperidine rings is 1. The highest BCUT2D eigenvalue weighted by atomic mass is 16.2. The maximum atomic E-state index is 12.3. The molecule has 2 aliphatic rings. The van der Waals surface area contributed by atoms with Crippen molar-refractivity contribution in [2.24, 2.45) is 5.41 Å². The molecule has 3 amide bonds. The van der Waals surface area contributed by atoms with Crippen LogP contribution in [0.2, 0.25) is 0 Å². The van der Waals surface area contributed by atoms with Gasteiger partial charge < -0.3 is 5.32 Å². The molecule has 122 valence electrons. The van der Waals surface area contributed by atoms with E-state index >= 15 is 0 Å². The second-order valence-electron chi connectivity index (χ2n) is 6.70. The fourth-order valence-electron chi connectivity index (χ4n) is 3.68. The SMILES string of the molecule is O=C(CN1C(=O)CC2(CCCC2)CC1=O)NCc1ccccc1. The van der Waals surface area contributed by atoms with Crippen LogP contribution in [0.4, 0.5) is 0 Å². The molecule has 23 heavy (non-hydrogen) atoms. The Hall–Kier alpha value is -2.17. The van der Waals surface area contributed by atoms with E-state index in [0.29, 0.717) is 19.4 Å². The van der Waals surface area contributed by atoms with Gasteiger partial charge in [0.05, 0.1) is 0 Å². The van der Waals surface area contributed by atoms with Crippen molar-refractivity contribution in [2.45, 2.75) is 45.1 Å². The fraction of sp³-hybridized carbons (Fsp3) is 0.500. The molecule has 1 spiro atoms. The first kappa shape index (κ1) is 15.7. The van der Waals surface area contributed by atoms with E-state index in [1.807, 2.05) is 30.3 Å². The first-order chi connectivity index (χ1) is 11.1. The average molecular weight is 314 g/mol. The monoisotopic (exact) mass is 314 g/mol. The zero-order valence-corrected chi connectivity index (χ0v) is 13.2. The summed E-state index contributed by atoms with van der Waals surface area (Å²) in [5.74, 6) is -0.686. The van der Waals surface area contributed by atoms with E-state index in [1.165, 1.54) is 0 Å². The third-order valence-corrected chi connectivity index (χ3v) is 4.95. The van der Waals surface area contributed by atoms with Crippen molar-refractivity contribution in [3.8, 4) is 0 Å². The number of nitrogens with zero attached hydrogens (tertiary/aromatic N) is 1. The van der Waals surface area contributed by atoms with Gasteiger partial charge in [-0.1, -0.05) is 43.2 Å². The van der Waals surface area contributed by atoms with Gasteiger partial charge in [-0.2, -0.15) is 0 Å². The number of likely N-dealkylation sites (tertiary alicyclic amines) is 1. The minimum absolute atomic E-state index is 0.120. The minimum Gasteiger partial charge on any atom is -0.350 e. The average Bonchev–Trinajstić information content (AvgIpc) is 2.97. The van der Waals surface area contributed by atoms with Crippen molar-refractivity contribution in [2.75, 3.05) is 6.54 Å². The minimum atomic E-state index is -0.294. The van der Waals surface area contributed by atoms with Crippen LogP contribution >= 0.6 is 0 Å². The molecule has 1 aromatic carbocycles. The molecule has 1 saturated heterocycles. The van der Waals surface area contributed by atoms with Crippen molar-refractivity contribution in [1.29, 1.82) is 0 Å². The normalized spacial score (nSPS) is 20.1. The van der Waals surface area contributed by atoms with Gasteiger partial charge in [-0.15, -0.1) is 0 Å². The summed E-state index contributed by atoms with van der Waals surface area (Å²) in [5.41, 5.74) is 0.868. The molecular weight excluding hydrogens is 292 g/mol. The van der Waals surface area contributed by atoms with Crippen molar-refractivity contribution < 1.29 is 14.4 Å². The smallest absolute Gasteiger partial charge is 0.240 e. The molecule has 0 unspecified atom stereocenters. The lowest BCUT2D eigenvalue weighted by molar-refractivity contribution is -0.155. The number of nitrogens with one attached hydrogen (secondary N) is 1. The molecule has 0 atom stereocenters. The zero-order valence-electron chi connectivity index (χ0n) is 13.2. The lowest BCUT2D eigenvalue weighted by Crippen LogP contribution is -2.50. The third-order valence-electron chi connectivity index (χ3n) is 4.95.